The summed E-state index contributed by atoms with van der Waals surface area (Å²) in [7, 11) is 0. The monoisotopic (exact) mass is 291 g/mol. The number of rotatable bonds is 6. The van der Waals surface area contributed by atoms with Crippen molar-refractivity contribution in [2.24, 2.45) is 5.73 Å². The molecule has 0 aromatic carbocycles. The molecule has 0 amide bonds. The van der Waals surface area contributed by atoms with Gasteiger partial charge in [-0.05, 0) is 41.0 Å². The van der Waals surface area contributed by atoms with Gasteiger partial charge in [-0.2, -0.15) is 12.6 Å². The minimum Gasteiger partial charge on any atom is -0.459 e. The van der Waals surface area contributed by atoms with Gasteiger partial charge in [0, 0.05) is 12.2 Å². The summed E-state index contributed by atoms with van der Waals surface area (Å²) in [5.74, 6) is -0.469. The van der Waals surface area contributed by atoms with Crippen LogP contribution in [0.4, 0.5) is 0 Å². The molecule has 0 bridgehead atoms. The molecule has 1 unspecified atom stereocenters. The lowest BCUT2D eigenvalue weighted by molar-refractivity contribution is -0.157. The number of esters is 2. The molecule has 0 saturated carbocycles. The van der Waals surface area contributed by atoms with Gasteiger partial charge < -0.3 is 15.2 Å². The lowest BCUT2D eigenvalue weighted by Crippen LogP contribution is -2.38. The fraction of sp³-hybridized carbons (Fsp3) is 0.846. The third-order valence-electron chi connectivity index (χ3n) is 2.14. The second-order valence-electron chi connectivity index (χ2n) is 6.07. The molecule has 0 saturated heterocycles. The maximum Gasteiger partial charge on any atom is 0.323 e. The van der Waals surface area contributed by atoms with Crippen LogP contribution in [0.15, 0.2) is 0 Å². The number of hydrogen-bond donors (Lipinski definition) is 2. The van der Waals surface area contributed by atoms with Crippen LogP contribution in [0.2, 0.25) is 0 Å². The van der Waals surface area contributed by atoms with E-state index < -0.39 is 29.2 Å². The van der Waals surface area contributed by atoms with Gasteiger partial charge in [-0.1, -0.05) is 0 Å². The summed E-state index contributed by atoms with van der Waals surface area (Å²) in [5.41, 5.74) is 4.48. The third-order valence-corrected chi connectivity index (χ3v) is 2.90. The highest BCUT2D eigenvalue weighted by Gasteiger charge is 2.25. The molecule has 1 atom stereocenters. The van der Waals surface area contributed by atoms with Crippen LogP contribution in [0, 0.1) is 0 Å². The van der Waals surface area contributed by atoms with Crippen molar-refractivity contribution in [1.82, 2.24) is 0 Å². The molecule has 2 N–H and O–H groups in total. The van der Waals surface area contributed by atoms with Gasteiger partial charge in [0.25, 0.3) is 0 Å². The maximum atomic E-state index is 11.6. The van der Waals surface area contributed by atoms with Crippen molar-refractivity contribution >= 4 is 24.6 Å². The van der Waals surface area contributed by atoms with Crippen LogP contribution in [0.5, 0.6) is 0 Å². The van der Waals surface area contributed by atoms with Crippen LogP contribution < -0.4 is 5.73 Å². The Morgan fingerprint density at radius 1 is 1.16 bits per heavy atom. The first-order chi connectivity index (χ1) is 8.47. The quantitative estimate of drug-likeness (QED) is 0.575. The Morgan fingerprint density at radius 3 is 2.11 bits per heavy atom. The number of hydrogen-bond acceptors (Lipinski definition) is 6. The molecular weight excluding hydrogens is 266 g/mol. The predicted octanol–water partition coefficient (Wildman–Crippen LogP) is 1.69. The highest BCUT2D eigenvalue weighted by atomic mass is 32.1. The van der Waals surface area contributed by atoms with Crippen molar-refractivity contribution in [1.29, 1.82) is 0 Å². The van der Waals surface area contributed by atoms with E-state index in [2.05, 4.69) is 12.6 Å². The summed E-state index contributed by atoms with van der Waals surface area (Å²) >= 11 is 4.09. The highest BCUT2D eigenvalue weighted by molar-refractivity contribution is 7.80. The Bertz CT molecular complexity index is 323. The van der Waals surface area contributed by atoms with Gasteiger partial charge in [0.1, 0.15) is 17.2 Å². The summed E-state index contributed by atoms with van der Waals surface area (Å²) in [6.07, 6.45) is 0.286. The molecule has 6 heteroatoms. The molecule has 0 aliphatic heterocycles. The van der Waals surface area contributed by atoms with Crippen molar-refractivity contribution in [3.63, 3.8) is 0 Å². The molecule has 19 heavy (non-hydrogen) atoms. The van der Waals surface area contributed by atoms with Crippen molar-refractivity contribution < 1.29 is 19.1 Å². The summed E-state index contributed by atoms with van der Waals surface area (Å²) in [4.78, 5) is 23.2. The minimum absolute atomic E-state index is 0.0810. The molecule has 0 aliphatic rings. The summed E-state index contributed by atoms with van der Waals surface area (Å²) < 4.78 is 10.3. The maximum absolute atomic E-state index is 11.6. The topological polar surface area (TPSA) is 78.6 Å². The Hall–Kier alpha value is -0.750. The van der Waals surface area contributed by atoms with E-state index in [0.29, 0.717) is 5.75 Å². The van der Waals surface area contributed by atoms with E-state index in [-0.39, 0.29) is 12.8 Å². The van der Waals surface area contributed by atoms with Gasteiger partial charge in [0.2, 0.25) is 0 Å². The van der Waals surface area contributed by atoms with Gasteiger partial charge >= 0.3 is 11.9 Å². The SMILES string of the molecule is CC(C)(C)OC(=O)C(N)CCC(=O)OC(C)(C)CS. The van der Waals surface area contributed by atoms with E-state index in [0.717, 1.165) is 0 Å². The average molecular weight is 291 g/mol. The smallest absolute Gasteiger partial charge is 0.323 e. The van der Waals surface area contributed by atoms with Crippen molar-refractivity contribution in [2.45, 2.75) is 64.7 Å². The van der Waals surface area contributed by atoms with Gasteiger partial charge in [-0.25, -0.2) is 0 Å². The molecule has 0 aromatic heterocycles. The Balaban J connectivity index is 4.13. The van der Waals surface area contributed by atoms with Gasteiger partial charge in [0.15, 0.2) is 0 Å². The highest BCUT2D eigenvalue weighted by Crippen LogP contribution is 2.14. The summed E-state index contributed by atoms with van der Waals surface area (Å²) in [6, 6.07) is -0.814. The molecule has 0 spiro atoms. The predicted molar refractivity (Wildman–Crippen MR) is 77.1 cm³/mol. The van der Waals surface area contributed by atoms with Crippen LogP contribution >= 0.6 is 12.6 Å². The number of nitrogens with two attached hydrogens (primary N) is 1. The van der Waals surface area contributed by atoms with Gasteiger partial charge in [-0.15, -0.1) is 0 Å². The Kier molecular flexibility index (Phi) is 6.86. The zero-order chi connectivity index (χ0) is 15.3. The largest absolute Gasteiger partial charge is 0.459 e. The number of carbonyl (C=O) groups is 2. The van der Waals surface area contributed by atoms with E-state index in [9.17, 15) is 9.59 Å². The van der Waals surface area contributed by atoms with Crippen molar-refractivity contribution in [3.8, 4) is 0 Å². The zero-order valence-corrected chi connectivity index (χ0v) is 13.3. The van der Waals surface area contributed by atoms with E-state index in [1.165, 1.54) is 0 Å². The molecule has 0 aliphatic carbocycles. The summed E-state index contributed by atoms with van der Waals surface area (Å²) in [5, 5.41) is 0. The van der Waals surface area contributed by atoms with Crippen LogP contribution in [-0.2, 0) is 19.1 Å². The average Bonchev–Trinajstić information content (AvgIpc) is 2.23. The van der Waals surface area contributed by atoms with E-state index in [1.807, 2.05) is 0 Å². The molecule has 112 valence electrons. The standard InChI is InChI=1S/C13H25NO4S/c1-12(2,3)18-11(16)9(14)6-7-10(15)17-13(4,5)8-19/h9,19H,6-8,14H2,1-5H3. The fourth-order valence-corrected chi connectivity index (χ4v) is 1.22. The van der Waals surface area contributed by atoms with Crippen molar-refractivity contribution in [3.05, 3.63) is 0 Å². The van der Waals surface area contributed by atoms with Crippen LogP contribution in [0.1, 0.15) is 47.5 Å². The Labute approximate surface area is 120 Å². The number of ether oxygens (including phenoxy) is 2. The van der Waals surface area contributed by atoms with Crippen molar-refractivity contribution in [2.75, 3.05) is 5.75 Å². The third kappa shape index (κ3) is 8.88. The summed E-state index contributed by atoms with van der Waals surface area (Å²) in [6.45, 7) is 8.83. The lowest BCUT2D eigenvalue weighted by atomic mass is 10.1. The minimum atomic E-state index is -0.814. The first kappa shape index (κ1) is 18.2. The van der Waals surface area contributed by atoms with E-state index in [4.69, 9.17) is 15.2 Å². The first-order valence-corrected chi connectivity index (χ1v) is 6.91. The van der Waals surface area contributed by atoms with E-state index >= 15 is 0 Å². The second kappa shape index (κ2) is 7.14. The first-order valence-electron chi connectivity index (χ1n) is 6.28. The normalized spacial score (nSPS) is 13.8. The molecule has 0 rings (SSSR count). The molecule has 0 fully saturated rings. The van der Waals surface area contributed by atoms with Gasteiger partial charge in [-0.3, -0.25) is 9.59 Å². The zero-order valence-electron chi connectivity index (χ0n) is 12.4. The van der Waals surface area contributed by atoms with Crippen LogP contribution in [0.25, 0.3) is 0 Å². The molecule has 0 radical (unpaired) electrons. The molecular formula is C13H25NO4S. The Morgan fingerprint density at radius 2 is 1.68 bits per heavy atom. The van der Waals surface area contributed by atoms with E-state index in [1.54, 1.807) is 34.6 Å². The second-order valence-corrected chi connectivity index (χ2v) is 6.39. The molecule has 0 aromatic rings. The lowest BCUT2D eigenvalue weighted by Gasteiger charge is -2.24. The molecule has 0 heterocycles. The van der Waals surface area contributed by atoms with Crippen LogP contribution in [0.3, 0.4) is 0 Å². The fourth-order valence-electron chi connectivity index (χ4n) is 1.16. The molecule has 5 nitrogen and oxygen atoms in total. The van der Waals surface area contributed by atoms with Crippen LogP contribution in [-0.4, -0.2) is 34.9 Å². The number of thiol groups is 1. The van der Waals surface area contributed by atoms with Gasteiger partial charge in [0.05, 0.1) is 0 Å². The number of carbonyl (C=O) groups excluding carboxylic acids is 2.